The summed E-state index contributed by atoms with van der Waals surface area (Å²) in [5.74, 6) is 2.28. The summed E-state index contributed by atoms with van der Waals surface area (Å²) in [7, 11) is 1.91. The zero-order valence-electron chi connectivity index (χ0n) is 19.4. The number of imidazole rings is 1. The van der Waals surface area contributed by atoms with Gasteiger partial charge in [-0.1, -0.05) is 29.5 Å². The Kier molecular flexibility index (Phi) is 9.49. The average Bonchev–Trinajstić information content (AvgIpc) is 3.44. The van der Waals surface area contributed by atoms with E-state index < -0.39 is 0 Å². The number of fused-ring (bicyclic) bond motifs is 3. The summed E-state index contributed by atoms with van der Waals surface area (Å²) in [4.78, 5) is 8.22. The molecule has 0 saturated carbocycles. The van der Waals surface area contributed by atoms with Crippen LogP contribution in [0.15, 0.2) is 45.8 Å². The van der Waals surface area contributed by atoms with Crippen molar-refractivity contribution >= 4 is 17.1 Å². The molecule has 17 heteroatoms. The minimum Gasteiger partial charge on any atom is -0.365 e. The molecule has 0 atom stereocenters. The van der Waals surface area contributed by atoms with Crippen LogP contribution in [-0.4, -0.2) is 73.0 Å². The van der Waals surface area contributed by atoms with E-state index in [4.69, 9.17) is 0 Å². The SMILES string of the molecule is C=C1N=NC=C2N=C(C)N(C)N12.Cc1cnc2[c-]nnnn12.Cc1nn2[c-]nnnc2c1C.[W].[W]. The molecule has 4 aromatic rings. The molecule has 0 spiro atoms. The van der Waals surface area contributed by atoms with Gasteiger partial charge in [-0.2, -0.15) is 5.11 Å². The summed E-state index contributed by atoms with van der Waals surface area (Å²) in [5.41, 5.74) is 4.21. The van der Waals surface area contributed by atoms with Crippen LogP contribution < -0.4 is 0 Å². The summed E-state index contributed by atoms with van der Waals surface area (Å²) in [5, 5.41) is 36.7. The van der Waals surface area contributed by atoms with Gasteiger partial charge in [0.25, 0.3) is 0 Å². The molecule has 0 N–H and O–H groups in total. The predicted molar refractivity (Wildman–Crippen MR) is 114 cm³/mol. The second kappa shape index (κ2) is 11.9. The zero-order chi connectivity index (χ0) is 23.5. The van der Waals surface area contributed by atoms with Gasteiger partial charge in [0, 0.05) is 66.7 Å². The molecule has 0 aliphatic carbocycles. The van der Waals surface area contributed by atoms with Crippen LogP contribution in [0.3, 0.4) is 0 Å². The van der Waals surface area contributed by atoms with Crippen molar-refractivity contribution in [2.75, 3.05) is 7.05 Å². The van der Waals surface area contributed by atoms with Crippen molar-refractivity contribution in [1.82, 2.24) is 60.1 Å². The Morgan fingerprint density at radius 1 is 1.03 bits per heavy atom. The molecule has 0 aromatic carbocycles. The standard InChI is InChI=1S/C7H9N5.C6H6N5.C5H4N5.2W/c1-5-9-7-4-8-10-6(2)12(7)11(5)3;1-4-5(2)9-11-3-7-10-8-6(4)11;1-4-2-6-5-3-7-8-9-10(4)5;;/h4H,2H2,1,3H3;1-2H3;2H,1H3;;/q;2*-1;;. The van der Waals surface area contributed by atoms with E-state index >= 15 is 0 Å². The number of aromatic nitrogens is 10. The molecule has 15 nitrogen and oxygen atoms in total. The smallest absolute Gasteiger partial charge is 0.176 e. The van der Waals surface area contributed by atoms with E-state index in [9.17, 15) is 0 Å². The largest absolute Gasteiger partial charge is 0.365 e. The first kappa shape index (κ1) is 27.9. The van der Waals surface area contributed by atoms with E-state index in [-0.39, 0.29) is 42.1 Å². The first-order valence-corrected chi connectivity index (χ1v) is 9.60. The summed E-state index contributed by atoms with van der Waals surface area (Å²) < 4.78 is 3.07. The van der Waals surface area contributed by atoms with Gasteiger partial charge in [-0.3, -0.25) is 16.2 Å². The van der Waals surface area contributed by atoms with E-state index in [1.165, 1.54) is 4.52 Å². The number of aryl methyl sites for hydroxylation is 3. The quantitative estimate of drug-likeness (QED) is 0.234. The topological polar surface area (TPSA) is 156 Å². The van der Waals surface area contributed by atoms with Gasteiger partial charge < -0.3 is 9.61 Å². The van der Waals surface area contributed by atoms with Crippen molar-refractivity contribution in [1.29, 1.82) is 0 Å². The number of hydrogen-bond acceptors (Lipinski definition) is 13. The fourth-order valence-electron chi connectivity index (χ4n) is 2.82. The van der Waals surface area contributed by atoms with Crippen molar-refractivity contribution in [2.24, 2.45) is 15.2 Å². The maximum atomic E-state index is 4.26. The Balaban J connectivity index is 0.000000181. The first-order chi connectivity index (χ1) is 15.9. The van der Waals surface area contributed by atoms with Gasteiger partial charge in [0.15, 0.2) is 11.6 Å². The van der Waals surface area contributed by atoms with Gasteiger partial charge in [-0.25, -0.2) is 29.8 Å². The number of azo groups is 1. The number of hydrogen-bond donors (Lipinski definition) is 0. The van der Waals surface area contributed by atoms with Gasteiger partial charge in [-0.15, -0.1) is 5.11 Å². The van der Waals surface area contributed by atoms with E-state index in [0.29, 0.717) is 11.5 Å². The third kappa shape index (κ3) is 5.85. The summed E-state index contributed by atoms with van der Waals surface area (Å²) in [6.07, 6.45) is 8.50. The Bertz CT molecular complexity index is 1420. The minimum atomic E-state index is 0. The summed E-state index contributed by atoms with van der Waals surface area (Å²) in [6.45, 7) is 11.4. The number of aliphatic imine (C=N–C) groups is 1. The molecule has 35 heavy (non-hydrogen) atoms. The Hall–Kier alpha value is -3.31. The number of nitrogens with zero attached hydrogens (tertiary/aromatic N) is 15. The molecule has 2 aliphatic rings. The molecular weight excluding hydrogens is 794 g/mol. The second-order valence-corrected chi connectivity index (χ2v) is 6.87. The van der Waals surface area contributed by atoms with Crippen LogP contribution in [0.4, 0.5) is 0 Å². The van der Waals surface area contributed by atoms with Crippen LogP contribution in [0, 0.1) is 33.3 Å². The van der Waals surface area contributed by atoms with E-state index in [1.54, 1.807) is 16.9 Å². The molecular formula is C18H19N15W2-2. The molecule has 6 rings (SSSR count). The van der Waals surface area contributed by atoms with E-state index in [2.05, 4.69) is 75.3 Å². The second-order valence-electron chi connectivity index (χ2n) is 6.87. The van der Waals surface area contributed by atoms with Gasteiger partial charge in [-0.05, 0) is 38.0 Å². The average molecular weight is 813 g/mol. The Morgan fingerprint density at radius 2 is 1.80 bits per heavy atom. The van der Waals surface area contributed by atoms with Crippen LogP contribution in [0.1, 0.15) is 23.9 Å². The molecule has 0 fully saturated rings. The summed E-state index contributed by atoms with van der Waals surface area (Å²) in [6, 6.07) is 0. The van der Waals surface area contributed by atoms with Crippen molar-refractivity contribution in [3.05, 3.63) is 60.1 Å². The van der Waals surface area contributed by atoms with Crippen LogP contribution in [-0.2, 0) is 42.1 Å². The van der Waals surface area contributed by atoms with Crippen LogP contribution in [0.5, 0.6) is 0 Å². The van der Waals surface area contributed by atoms with Crippen LogP contribution >= 0.6 is 0 Å². The maximum Gasteiger partial charge on any atom is 0.176 e. The monoisotopic (exact) mass is 813 g/mol. The molecule has 2 aliphatic heterocycles. The number of amidine groups is 1. The van der Waals surface area contributed by atoms with Gasteiger partial charge in [0.05, 0.1) is 11.9 Å². The fraction of sp³-hybridized carbons (Fsp3) is 0.278. The third-order valence-electron chi connectivity index (χ3n) is 4.74. The maximum absolute atomic E-state index is 4.26. The molecule has 0 unspecified atom stereocenters. The third-order valence-corrected chi connectivity index (χ3v) is 4.74. The van der Waals surface area contributed by atoms with E-state index in [1.807, 2.05) is 44.8 Å². The fourth-order valence-corrected chi connectivity index (χ4v) is 2.82. The van der Waals surface area contributed by atoms with Crippen molar-refractivity contribution < 1.29 is 42.1 Å². The Labute approximate surface area is 228 Å². The van der Waals surface area contributed by atoms with Crippen LogP contribution in [0.25, 0.3) is 11.3 Å². The molecule has 180 valence electrons. The molecule has 6 heterocycles. The summed E-state index contributed by atoms with van der Waals surface area (Å²) >= 11 is 0. The van der Waals surface area contributed by atoms with E-state index in [0.717, 1.165) is 34.3 Å². The predicted octanol–water partition coefficient (Wildman–Crippen LogP) is 0.862. The number of rotatable bonds is 0. The zero-order valence-corrected chi connectivity index (χ0v) is 25.3. The van der Waals surface area contributed by atoms with Crippen molar-refractivity contribution in [2.45, 2.75) is 27.7 Å². The van der Waals surface area contributed by atoms with Crippen molar-refractivity contribution in [3.8, 4) is 0 Å². The molecule has 0 amide bonds. The number of hydrazine groups is 1. The molecule has 4 aromatic heterocycles. The normalized spacial score (nSPS) is 13.6. The molecule has 0 saturated heterocycles. The van der Waals surface area contributed by atoms with Crippen LogP contribution in [0.2, 0.25) is 0 Å². The van der Waals surface area contributed by atoms with Gasteiger partial charge >= 0.3 is 0 Å². The van der Waals surface area contributed by atoms with Crippen molar-refractivity contribution in [3.63, 3.8) is 0 Å². The molecule has 0 radical (unpaired) electrons. The molecule has 0 bridgehead atoms. The van der Waals surface area contributed by atoms with Gasteiger partial charge in [0.1, 0.15) is 5.84 Å². The Morgan fingerprint density at radius 3 is 2.49 bits per heavy atom. The van der Waals surface area contributed by atoms with Gasteiger partial charge in [0.2, 0.25) is 0 Å². The first-order valence-electron chi connectivity index (χ1n) is 9.60. The minimum absolute atomic E-state index is 0.